The summed E-state index contributed by atoms with van der Waals surface area (Å²) in [4.78, 5) is 10.9. The number of carbonyl (C=O) groups is 1. The molecule has 0 aliphatic heterocycles. The molecule has 0 atom stereocenters. The summed E-state index contributed by atoms with van der Waals surface area (Å²) in [5.41, 5.74) is 0. The van der Waals surface area contributed by atoms with Crippen molar-refractivity contribution < 1.29 is 22.9 Å². The highest BCUT2D eigenvalue weighted by Gasteiger charge is 2.25. The lowest BCUT2D eigenvalue weighted by Crippen LogP contribution is -2.25. The predicted molar refractivity (Wildman–Crippen MR) is 69.3 cm³/mol. The van der Waals surface area contributed by atoms with Gasteiger partial charge in [-0.25, -0.2) is 4.57 Å². The highest BCUT2D eigenvalue weighted by atomic mass is 31.2. The third kappa shape index (κ3) is 8.42. The Hall–Kier alpha value is -0.680. The number of carbonyl (C=O) groups excluding carboxylic acids is 1. The summed E-state index contributed by atoms with van der Waals surface area (Å²) in [6.45, 7) is 8.00. The van der Waals surface area contributed by atoms with Crippen molar-refractivity contribution in [1.29, 1.82) is 0 Å². The first-order chi connectivity index (χ1) is 8.58. The van der Waals surface area contributed by atoms with E-state index in [4.69, 9.17) is 13.6 Å². The number of phosphoric acid groups is 1. The van der Waals surface area contributed by atoms with E-state index in [1.807, 2.05) is 13.8 Å². The smallest absolute Gasteiger partial charge is 0.350 e. The summed E-state index contributed by atoms with van der Waals surface area (Å²) in [5, 5.41) is 2.50. The molecular weight excluding hydrogens is 257 g/mol. The van der Waals surface area contributed by atoms with Crippen molar-refractivity contribution in [2.45, 2.75) is 26.7 Å². The van der Waals surface area contributed by atoms with Crippen LogP contribution in [0.5, 0.6) is 0 Å². The van der Waals surface area contributed by atoms with Gasteiger partial charge in [0.15, 0.2) is 0 Å². The molecule has 0 fully saturated rings. The first-order valence-corrected chi connectivity index (χ1v) is 7.48. The Balaban J connectivity index is 4.03. The minimum Gasteiger partial charge on any atom is -0.350 e. The third-order valence-corrected chi connectivity index (χ3v) is 3.24. The van der Waals surface area contributed by atoms with Crippen LogP contribution in [0.15, 0.2) is 12.7 Å². The van der Waals surface area contributed by atoms with Crippen LogP contribution < -0.4 is 5.32 Å². The van der Waals surface area contributed by atoms with E-state index >= 15 is 0 Å². The van der Waals surface area contributed by atoms with E-state index in [9.17, 15) is 9.36 Å². The van der Waals surface area contributed by atoms with Crippen LogP contribution >= 0.6 is 7.82 Å². The first-order valence-electron chi connectivity index (χ1n) is 6.02. The van der Waals surface area contributed by atoms with E-state index in [2.05, 4.69) is 11.9 Å². The minimum absolute atomic E-state index is 0.0598. The molecule has 0 aliphatic rings. The predicted octanol–water partition coefficient (Wildman–Crippen LogP) is 2.27. The summed E-state index contributed by atoms with van der Waals surface area (Å²) < 4.78 is 27.3. The SMILES string of the molecule is C=CC(=O)NCCOP(=O)(OCCC)OCCC. The maximum atomic E-state index is 12.0. The molecule has 7 heteroatoms. The lowest BCUT2D eigenvalue weighted by atomic mass is 10.5. The van der Waals surface area contributed by atoms with Crippen molar-refractivity contribution in [2.24, 2.45) is 0 Å². The molecule has 0 saturated heterocycles. The monoisotopic (exact) mass is 279 g/mol. The Labute approximate surface area is 108 Å². The zero-order valence-corrected chi connectivity index (χ0v) is 11.9. The molecule has 18 heavy (non-hydrogen) atoms. The van der Waals surface area contributed by atoms with E-state index in [1.165, 1.54) is 0 Å². The number of hydrogen-bond acceptors (Lipinski definition) is 5. The van der Waals surface area contributed by atoms with Crippen molar-refractivity contribution in [3.63, 3.8) is 0 Å². The highest BCUT2D eigenvalue weighted by Crippen LogP contribution is 2.49. The Bertz CT molecular complexity index is 283. The van der Waals surface area contributed by atoms with Crippen molar-refractivity contribution in [2.75, 3.05) is 26.4 Å². The van der Waals surface area contributed by atoms with E-state index in [0.717, 1.165) is 18.9 Å². The van der Waals surface area contributed by atoms with Gasteiger partial charge in [-0.05, 0) is 18.9 Å². The van der Waals surface area contributed by atoms with E-state index in [0.29, 0.717) is 13.2 Å². The summed E-state index contributed by atoms with van der Waals surface area (Å²) in [7, 11) is -3.50. The lowest BCUT2D eigenvalue weighted by molar-refractivity contribution is -0.116. The van der Waals surface area contributed by atoms with E-state index in [1.54, 1.807) is 0 Å². The fourth-order valence-electron chi connectivity index (χ4n) is 0.922. The average Bonchev–Trinajstić information content (AvgIpc) is 2.39. The number of hydrogen-bond donors (Lipinski definition) is 1. The van der Waals surface area contributed by atoms with Crippen molar-refractivity contribution in [3.8, 4) is 0 Å². The average molecular weight is 279 g/mol. The molecule has 1 N–H and O–H groups in total. The normalized spacial score (nSPS) is 11.2. The second-order valence-corrected chi connectivity index (χ2v) is 5.11. The summed E-state index contributed by atoms with van der Waals surface area (Å²) in [5.74, 6) is -0.308. The topological polar surface area (TPSA) is 73.9 Å². The largest absolute Gasteiger partial charge is 0.474 e. The van der Waals surface area contributed by atoms with Crippen LogP contribution in [-0.4, -0.2) is 32.3 Å². The van der Waals surface area contributed by atoms with E-state index < -0.39 is 7.82 Å². The molecule has 0 saturated carbocycles. The second kappa shape index (κ2) is 10.3. The Morgan fingerprint density at radius 2 is 1.67 bits per heavy atom. The van der Waals surface area contributed by atoms with Gasteiger partial charge >= 0.3 is 7.82 Å². The Kier molecular flexibility index (Phi) is 9.87. The van der Waals surface area contributed by atoms with Gasteiger partial charge in [0.2, 0.25) is 5.91 Å². The van der Waals surface area contributed by atoms with Gasteiger partial charge in [0.05, 0.1) is 19.8 Å². The lowest BCUT2D eigenvalue weighted by Gasteiger charge is -2.17. The van der Waals surface area contributed by atoms with Gasteiger partial charge in [-0.3, -0.25) is 18.4 Å². The molecule has 0 spiro atoms. The fraction of sp³-hybridized carbons (Fsp3) is 0.727. The van der Waals surface area contributed by atoms with Gasteiger partial charge in [0.25, 0.3) is 0 Å². The minimum atomic E-state index is -3.50. The van der Waals surface area contributed by atoms with Crippen LogP contribution in [0.4, 0.5) is 0 Å². The zero-order chi connectivity index (χ0) is 13.9. The standard InChI is InChI=1S/C11H22NO5P/c1-4-8-15-18(14,16-9-5-2)17-10-7-12-11(13)6-3/h6H,3-5,7-10H2,1-2H3,(H,12,13). The van der Waals surface area contributed by atoms with Crippen LogP contribution in [0, 0.1) is 0 Å². The molecule has 0 bridgehead atoms. The Morgan fingerprint density at radius 3 is 2.11 bits per heavy atom. The molecule has 0 aromatic heterocycles. The van der Waals surface area contributed by atoms with Gasteiger partial charge < -0.3 is 5.32 Å². The molecule has 1 amide bonds. The highest BCUT2D eigenvalue weighted by molar-refractivity contribution is 7.48. The van der Waals surface area contributed by atoms with Crippen LogP contribution in [0.3, 0.4) is 0 Å². The second-order valence-electron chi connectivity index (χ2n) is 3.44. The molecule has 0 heterocycles. The molecule has 0 aliphatic carbocycles. The van der Waals surface area contributed by atoms with Crippen molar-refractivity contribution in [3.05, 3.63) is 12.7 Å². The molecule has 0 aromatic rings. The van der Waals surface area contributed by atoms with Crippen molar-refractivity contribution >= 4 is 13.7 Å². The molecule has 0 radical (unpaired) electrons. The summed E-state index contributed by atoms with van der Waals surface area (Å²) >= 11 is 0. The van der Waals surface area contributed by atoms with Crippen LogP contribution in [0.25, 0.3) is 0 Å². The Morgan fingerprint density at radius 1 is 1.17 bits per heavy atom. The zero-order valence-electron chi connectivity index (χ0n) is 11.0. The van der Waals surface area contributed by atoms with E-state index in [-0.39, 0.29) is 19.1 Å². The van der Waals surface area contributed by atoms with Gasteiger partial charge in [0, 0.05) is 6.54 Å². The molecule has 6 nitrogen and oxygen atoms in total. The van der Waals surface area contributed by atoms with Crippen LogP contribution in [0.2, 0.25) is 0 Å². The quantitative estimate of drug-likeness (QED) is 0.357. The van der Waals surface area contributed by atoms with Crippen molar-refractivity contribution in [1.82, 2.24) is 5.32 Å². The molecule has 0 unspecified atom stereocenters. The molecule has 0 aromatic carbocycles. The fourth-order valence-corrected chi connectivity index (χ4v) is 2.27. The summed E-state index contributed by atoms with van der Waals surface area (Å²) in [6, 6.07) is 0. The van der Waals surface area contributed by atoms with Gasteiger partial charge in [-0.15, -0.1) is 0 Å². The molecule has 0 rings (SSSR count). The van der Waals surface area contributed by atoms with Gasteiger partial charge in [-0.1, -0.05) is 20.4 Å². The third-order valence-electron chi connectivity index (χ3n) is 1.74. The van der Waals surface area contributed by atoms with Gasteiger partial charge in [0.1, 0.15) is 0 Å². The van der Waals surface area contributed by atoms with Gasteiger partial charge in [-0.2, -0.15) is 0 Å². The van der Waals surface area contributed by atoms with Crippen LogP contribution in [-0.2, 0) is 22.9 Å². The molecule has 106 valence electrons. The number of nitrogens with one attached hydrogen (secondary N) is 1. The first kappa shape index (κ1) is 17.3. The maximum Gasteiger partial charge on any atom is 0.474 e. The van der Waals surface area contributed by atoms with Crippen LogP contribution in [0.1, 0.15) is 26.7 Å². The number of amides is 1. The summed E-state index contributed by atoms with van der Waals surface area (Å²) in [6.07, 6.45) is 2.59. The number of phosphoric ester groups is 1. The maximum absolute atomic E-state index is 12.0. The number of rotatable bonds is 11. The molecular formula is C11H22NO5P.